The molecule has 0 amide bonds. The number of halogens is 1. The fourth-order valence-electron chi connectivity index (χ4n) is 2.46. The van der Waals surface area contributed by atoms with Crippen LogP contribution >= 0.6 is 15.9 Å². The number of hydrogen-bond acceptors (Lipinski definition) is 6. The highest BCUT2D eigenvalue weighted by Gasteiger charge is 2.54. The van der Waals surface area contributed by atoms with Crippen molar-refractivity contribution in [1.29, 1.82) is 0 Å². The smallest absolute Gasteiger partial charge is 0.352 e. The van der Waals surface area contributed by atoms with Crippen LogP contribution in [-0.2, 0) is 14.3 Å². The molecule has 1 heterocycles. The van der Waals surface area contributed by atoms with Crippen molar-refractivity contribution in [3.63, 3.8) is 0 Å². The van der Waals surface area contributed by atoms with E-state index in [9.17, 15) is 14.9 Å². The highest BCUT2D eigenvalue weighted by atomic mass is 79.9. The number of esters is 1. The second kappa shape index (κ2) is 5.85. The molecular weight excluding hydrogens is 358 g/mol. The van der Waals surface area contributed by atoms with Crippen molar-refractivity contribution in [2.75, 3.05) is 13.7 Å². The average Bonchev–Trinajstić information content (AvgIpc) is 2.76. The van der Waals surface area contributed by atoms with Gasteiger partial charge in [0.15, 0.2) is 5.75 Å². The summed E-state index contributed by atoms with van der Waals surface area (Å²) in [6.45, 7) is 3.61. The molecule has 120 valence electrons. The quantitative estimate of drug-likeness (QED) is 0.458. The number of methoxy groups -OCH3 is 1. The summed E-state index contributed by atoms with van der Waals surface area (Å²) < 4.78 is 16.7. The van der Waals surface area contributed by atoms with Gasteiger partial charge in [-0.25, -0.2) is 4.79 Å². The lowest BCUT2D eigenvalue weighted by molar-refractivity contribution is -0.386. The van der Waals surface area contributed by atoms with Crippen molar-refractivity contribution in [2.45, 2.75) is 31.5 Å². The first-order chi connectivity index (χ1) is 10.2. The number of hydrogen-bond donors (Lipinski definition) is 0. The Kier molecular flexibility index (Phi) is 4.44. The molecule has 1 aromatic rings. The number of carbonyl (C=O) groups excluding carboxylic acids is 1. The van der Waals surface area contributed by atoms with Crippen LogP contribution in [0.3, 0.4) is 0 Å². The van der Waals surface area contributed by atoms with Gasteiger partial charge in [0.05, 0.1) is 24.2 Å². The molecule has 0 radical (unpaired) electrons. The van der Waals surface area contributed by atoms with Crippen LogP contribution in [-0.4, -0.2) is 35.8 Å². The molecule has 1 aliphatic heterocycles. The molecule has 0 N–H and O–H groups in total. The molecule has 1 fully saturated rings. The molecule has 0 aromatic heterocycles. The van der Waals surface area contributed by atoms with Gasteiger partial charge in [-0.1, -0.05) is 15.9 Å². The van der Waals surface area contributed by atoms with E-state index in [1.807, 2.05) is 13.8 Å². The van der Waals surface area contributed by atoms with Crippen molar-refractivity contribution < 1.29 is 23.9 Å². The van der Waals surface area contributed by atoms with E-state index in [2.05, 4.69) is 15.9 Å². The molecule has 1 saturated heterocycles. The molecule has 0 saturated carbocycles. The van der Waals surface area contributed by atoms with Crippen LogP contribution in [0.25, 0.3) is 0 Å². The summed E-state index contributed by atoms with van der Waals surface area (Å²) >= 11 is 3.18. The summed E-state index contributed by atoms with van der Waals surface area (Å²) in [5.74, 6) is -0.616. The van der Waals surface area contributed by atoms with Crippen molar-refractivity contribution in [2.24, 2.45) is 0 Å². The van der Waals surface area contributed by atoms with Gasteiger partial charge in [-0.3, -0.25) is 10.1 Å². The number of ether oxygens (including phenoxy) is 3. The number of nitro groups is 1. The number of benzene rings is 1. The summed E-state index contributed by atoms with van der Waals surface area (Å²) in [6.07, 6.45) is 0.236. The minimum absolute atomic E-state index is 0.0000926. The molecule has 0 aliphatic carbocycles. The first-order valence-corrected chi connectivity index (χ1v) is 7.34. The second-order valence-corrected chi connectivity index (χ2v) is 6.60. The zero-order chi connectivity index (χ0) is 16.5. The second-order valence-electron chi connectivity index (χ2n) is 5.68. The third-order valence-corrected chi connectivity index (χ3v) is 3.88. The Morgan fingerprint density at radius 3 is 2.64 bits per heavy atom. The van der Waals surface area contributed by atoms with E-state index >= 15 is 0 Å². The Bertz CT molecular complexity index is 617. The van der Waals surface area contributed by atoms with E-state index in [1.165, 1.54) is 19.2 Å². The zero-order valence-corrected chi connectivity index (χ0v) is 14.0. The molecule has 1 aromatic carbocycles. The Morgan fingerprint density at radius 1 is 1.45 bits per heavy atom. The van der Waals surface area contributed by atoms with E-state index in [0.717, 1.165) is 0 Å². The Balaban J connectivity index is 2.41. The summed E-state index contributed by atoms with van der Waals surface area (Å²) in [7, 11) is 1.24. The highest BCUT2D eigenvalue weighted by Crippen LogP contribution is 2.40. The third kappa shape index (κ3) is 3.22. The molecule has 0 spiro atoms. The normalized spacial score (nSPS) is 23.1. The molecule has 0 bridgehead atoms. The average molecular weight is 374 g/mol. The lowest BCUT2D eigenvalue weighted by atomic mass is 9.93. The maximum absolute atomic E-state index is 12.2. The maximum atomic E-state index is 12.2. The summed E-state index contributed by atoms with van der Waals surface area (Å²) in [4.78, 5) is 22.8. The number of carbonyl (C=O) groups is 1. The van der Waals surface area contributed by atoms with Crippen LogP contribution in [0.5, 0.6) is 5.75 Å². The van der Waals surface area contributed by atoms with Crippen molar-refractivity contribution in [3.05, 3.63) is 32.8 Å². The predicted molar refractivity (Wildman–Crippen MR) is 80.8 cm³/mol. The van der Waals surface area contributed by atoms with Crippen LogP contribution in [0.1, 0.15) is 20.3 Å². The van der Waals surface area contributed by atoms with Crippen molar-refractivity contribution >= 4 is 27.6 Å². The van der Waals surface area contributed by atoms with Crippen LogP contribution < -0.4 is 4.74 Å². The summed E-state index contributed by atoms with van der Waals surface area (Å²) in [5.41, 5.74) is -2.21. The molecule has 8 heteroatoms. The minimum atomic E-state index is -1.39. The zero-order valence-electron chi connectivity index (χ0n) is 12.4. The van der Waals surface area contributed by atoms with Gasteiger partial charge < -0.3 is 14.2 Å². The first-order valence-electron chi connectivity index (χ1n) is 6.54. The van der Waals surface area contributed by atoms with Crippen LogP contribution in [0.15, 0.2) is 22.7 Å². The fourth-order valence-corrected chi connectivity index (χ4v) is 2.81. The SMILES string of the molecule is COC(=O)C1(Oc2ccc(Br)cc2[N+](=O)[O-])COC(C)(C)C1. The maximum Gasteiger partial charge on any atom is 0.352 e. The lowest BCUT2D eigenvalue weighted by Crippen LogP contribution is -2.47. The number of nitrogens with zero attached hydrogens (tertiary/aromatic N) is 1. The van der Waals surface area contributed by atoms with E-state index in [0.29, 0.717) is 4.47 Å². The molecule has 7 nitrogen and oxygen atoms in total. The Hall–Kier alpha value is -1.67. The van der Waals surface area contributed by atoms with E-state index < -0.39 is 22.1 Å². The van der Waals surface area contributed by atoms with Gasteiger partial charge in [0.1, 0.15) is 0 Å². The van der Waals surface area contributed by atoms with Crippen molar-refractivity contribution in [3.8, 4) is 5.75 Å². The number of rotatable bonds is 4. The van der Waals surface area contributed by atoms with Crippen LogP contribution in [0.4, 0.5) is 5.69 Å². The van der Waals surface area contributed by atoms with E-state index in [-0.39, 0.29) is 24.5 Å². The van der Waals surface area contributed by atoms with Gasteiger partial charge in [-0.05, 0) is 26.0 Å². The van der Waals surface area contributed by atoms with Gasteiger partial charge in [0.2, 0.25) is 5.60 Å². The molecule has 1 atom stereocenters. The third-order valence-electron chi connectivity index (χ3n) is 3.39. The Morgan fingerprint density at radius 2 is 2.14 bits per heavy atom. The summed E-state index contributed by atoms with van der Waals surface area (Å²) in [5, 5.41) is 11.2. The monoisotopic (exact) mass is 373 g/mol. The first kappa shape index (κ1) is 16.7. The largest absolute Gasteiger partial charge is 0.466 e. The van der Waals surface area contributed by atoms with Gasteiger partial charge in [0.25, 0.3) is 0 Å². The number of nitro benzene ring substituents is 1. The molecule has 1 aliphatic rings. The van der Waals surface area contributed by atoms with Gasteiger partial charge in [0, 0.05) is 17.0 Å². The highest BCUT2D eigenvalue weighted by molar-refractivity contribution is 9.10. The van der Waals surface area contributed by atoms with E-state index in [1.54, 1.807) is 6.07 Å². The molecule has 2 rings (SSSR count). The summed E-state index contributed by atoms with van der Waals surface area (Å²) in [6, 6.07) is 4.37. The predicted octanol–water partition coefficient (Wildman–Crippen LogP) is 2.85. The van der Waals surface area contributed by atoms with Crippen LogP contribution in [0.2, 0.25) is 0 Å². The molecule has 22 heavy (non-hydrogen) atoms. The van der Waals surface area contributed by atoms with Gasteiger partial charge >= 0.3 is 11.7 Å². The van der Waals surface area contributed by atoms with Crippen molar-refractivity contribution in [1.82, 2.24) is 0 Å². The van der Waals surface area contributed by atoms with E-state index in [4.69, 9.17) is 14.2 Å². The molecular formula is C14H16BrNO6. The van der Waals surface area contributed by atoms with Gasteiger partial charge in [-0.15, -0.1) is 0 Å². The minimum Gasteiger partial charge on any atom is -0.466 e. The topological polar surface area (TPSA) is 87.9 Å². The van der Waals surface area contributed by atoms with Gasteiger partial charge in [-0.2, -0.15) is 0 Å². The van der Waals surface area contributed by atoms with Crippen LogP contribution in [0, 0.1) is 10.1 Å². The standard InChI is InChI=1S/C14H16BrNO6/c1-13(2)7-14(8-21-13,12(17)20-3)22-11-5-4-9(15)6-10(11)16(18)19/h4-6H,7-8H2,1-3H3. The lowest BCUT2D eigenvalue weighted by Gasteiger charge is -2.26. The fraction of sp³-hybridized carbons (Fsp3) is 0.500. The molecule has 1 unspecified atom stereocenters. The Labute approximate surface area is 135 Å².